The molecule has 2 fully saturated rings. The largest absolute Gasteiger partial charge is 0.491 e. The van der Waals surface area contributed by atoms with Crippen LogP contribution in [0.2, 0.25) is 0 Å². The van der Waals surface area contributed by atoms with Gasteiger partial charge in [-0.3, -0.25) is 9.80 Å². The van der Waals surface area contributed by atoms with Gasteiger partial charge in [0, 0.05) is 39.3 Å². The van der Waals surface area contributed by atoms with Gasteiger partial charge >= 0.3 is 0 Å². The molecular weight excluding hydrogens is 364 g/mol. The van der Waals surface area contributed by atoms with Gasteiger partial charge in [-0.1, -0.05) is 19.1 Å². The predicted molar refractivity (Wildman–Crippen MR) is 115 cm³/mol. The lowest BCUT2D eigenvalue weighted by molar-refractivity contribution is 0.0470. The molecule has 2 aliphatic heterocycles. The van der Waals surface area contributed by atoms with Crippen molar-refractivity contribution in [3.63, 3.8) is 0 Å². The number of likely N-dealkylation sites (tertiary alicyclic amines) is 1. The molecule has 2 heterocycles. The number of rotatable bonds is 8. The first-order valence-electron chi connectivity index (χ1n) is 11.0. The standard InChI is InChI=1S/C23H36N4O2/c1-3-25-11-13-27(14-12-25)17-21(28)18-29-22-6-4-5-20(15-22)16-26-9-7-23(2,19-24)8-10-26/h4-6,15,21,28H,3,7-14,16-18H2,1-2H3/t21-/m0/s1. The van der Waals surface area contributed by atoms with E-state index in [1.165, 1.54) is 5.56 Å². The molecule has 0 unspecified atom stereocenters. The number of hydrogen-bond donors (Lipinski definition) is 1. The van der Waals surface area contributed by atoms with Crippen molar-refractivity contribution in [2.24, 2.45) is 5.41 Å². The molecule has 0 saturated carbocycles. The number of nitriles is 1. The number of ether oxygens (including phenoxy) is 1. The minimum absolute atomic E-state index is 0.166. The van der Waals surface area contributed by atoms with Crippen LogP contribution in [0.15, 0.2) is 24.3 Å². The molecule has 1 N–H and O–H groups in total. The molecule has 6 heteroatoms. The van der Waals surface area contributed by atoms with Crippen molar-refractivity contribution in [1.29, 1.82) is 5.26 Å². The fraction of sp³-hybridized carbons (Fsp3) is 0.696. The van der Waals surface area contributed by atoms with Crippen molar-refractivity contribution in [2.45, 2.75) is 39.3 Å². The summed E-state index contributed by atoms with van der Waals surface area (Å²) < 4.78 is 5.88. The molecule has 0 aliphatic carbocycles. The van der Waals surface area contributed by atoms with Crippen LogP contribution in [0.25, 0.3) is 0 Å². The summed E-state index contributed by atoms with van der Waals surface area (Å²) in [5, 5.41) is 19.7. The van der Waals surface area contributed by atoms with Crippen LogP contribution in [0.3, 0.4) is 0 Å². The number of aliphatic hydroxyl groups is 1. The first-order chi connectivity index (χ1) is 14.0. The summed E-state index contributed by atoms with van der Waals surface area (Å²) in [5.74, 6) is 0.816. The Kier molecular flexibility index (Phi) is 7.91. The van der Waals surface area contributed by atoms with E-state index in [4.69, 9.17) is 4.74 Å². The molecular formula is C23H36N4O2. The van der Waals surface area contributed by atoms with E-state index in [0.717, 1.165) is 70.9 Å². The Hall–Kier alpha value is -1.65. The zero-order chi connectivity index (χ0) is 20.7. The Balaban J connectivity index is 1.41. The van der Waals surface area contributed by atoms with E-state index in [0.29, 0.717) is 13.2 Å². The van der Waals surface area contributed by atoms with Gasteiger partial charge in [0.25, 0.3) is 0 Å². The molecule has 0 bridgehead atoms. The van der Waals surface area contributed by atoms with Gasteiger partial charge in [-0.2, -0.15) is 5.26 Å². The summed E-state index contributed by atoms with van der Waals surface area (Å²) in [6.45, 7) is 13.3. The van der Waals surface area contributed by atoms with E-state index < -0.39 is 6.10 Å². The zero-order valence-electron chi connectivity index (χ0n) is 18.0. The Morgan fingerprint density at radius 1 is 1.10 bits per heavy atom. The maximum absolute atomic E-state index is 10.4. The van der Waals surface area contributed by atoms with Crippen molar-refractivity contribution in [2.75, 3.05) is 59.0 Å². The highest BCUT2D eigenvalue weighted by molar-refractivity contribution is 5.28. The number of β-amino-alcohol motifs (C(OH)–C–C–N with tert-alkyl or cyclic N) is 1. The topological polar surface area (TPSA) is 63.0 Å². The van der Waals surface area contributed by atoms with Crippen molar-refractivity contribution < 1.29 is 9.84 Å². The highest BCUT2D eigenvalue weighted by Gasteiger charge is 2.29. The summed E-state index contributed by atoms with van der Waals surface area (Å²) in [7, 11) is 0. The van der Waals surface area contributed by atoms with E-state index in [9.17, 15) is 10.4 Å². The van der Waals surface area contributed by atoms with Gasteiger partial charge in [-0.05, 0) is 57.1 Å². The average Bonchev–Trinajstić information content (AvgIpc) is 2.75. The van der Waals surface area contributed by atoms with Gasteiger partial charge in [0.15, 0.2) is 0 Å². The van der Waals surface area contributed by atoms with Crippen LogP contribution in [-0.2, 0) is 6.54 Å². The van der Waals surface area contributed by atoms with Gasteiger partial charge in [-0.25, -0.2) is 0 Å². The van der Waals surface area contributed by atoms with Crippen LogP contribution in [0, 0.1) is 16.7 Å². The van der Waals surface area contributed by atoms with Crippen LogP contribution in [0.4, 0.5) is 0 Å². The third-order valence-corrected chi connectivity index (χ3v) is 6.36. The molecule has 29 heavy (non-hydrogen) atoms. The van der Waals surface area contributed by atoms with Gasteiger partial charge in [0.2, 0.25) is 0 Å². The number of likely N-dealkylation sites (N-methyl/N-ethyl adjacent to an activating group) is 1. The summed E-state index contributed by atoms with van der Waals surface area (Å²) in [5.41, 5.74) is 1.05. The van der Waals surface area contributed by atoms with E-state index in [-0.39, 0.29) is 5.41 Å². The molecule has 6 nitrogen and oxygen atoms in total. The van der Waals surface area contributed by atoms with E-state index in [2.05, 4.69) is 46.7 Å². The third-order valence-electron chi connectivity index (χ3n) is 6.36. The average molecular weight is 401 g/mol. The Bertz CT molecular complexity index is 674. The number of piperidine rings is 1. The lowest BCUT2D eigenvalue weighted by Gasteiger charge is -2.35. The molecule has 1 aromatic rings. The summed E-state index contributed by atoms with van der Waals surface area (Å²) in [6, 6.07) is 10.6. The second kappa shape index (κ2) is 10.4. The number of benzene rings is 1. The number of aliphatic hydroxyl groups excluding tert-OH is 1. The molecule has 1 atom stereocenters. The number of piperazine rings is 1. The minimum Gasteiger partial charge on any atom is -0.491 e. The highest BCUT2D eigenvalue weighted by atomic mass is 16.5. The maximum atomic E-state index is 10.4. The van der Waals surface area contributed by atoms with Gasteiger partial charge in [0.1, 0.15) is 18.5 Å². The van der Waals surface area contributed by atoms with Gasteiger partial charge in [0.05, 0.1) is 11.5 Å². The molecule has 0 radical (unpaired) electrons. The van der Waals surface area contributed by atoms with E-state index in [1.54, 1.807) is 0 Å². The quantitative estimate of drug-likeness (QED) is 0.722. The maximum Gasteiger partial charge on any atom is 0.119 e. The Morgan fingerprint density at radius 3 is 2.45 bits per heavy atom. The van der Waals surface area contributed by atoms with Crippen LogP contribution < -0.4 is 4.74 Å². The first kappa shape index (κ1) is 22.0. The normalized spacial score (nSPS) is 22.1. The third kappa shape index (κ3) is 6.68. The molecule has 0 aromatic heterocycles. The molecule has 0 amide bonds. The summed E-state index contributed by atoms with van der Waals surface area (Å²) in [6.07, 6.45) is 1.38. The highest BCUT2D eigenvalue weighted by Crippen LogP contribution is 2.30. The number of hydrogen-bond acceptors (Lipinski definition) is 6. The second-order valence-electron chi connectivity index (χ2n) is 8.80. The van der Waals surface area contributed by atoms with Crippen molar-refractivity contribution in [3.05, 3.63) is 29.8 Å². The van der Waals surface area contributed by atoms with E-state index >= 15 is 0 Å². The molecule has 160 valence electrons. The van der Waals surface area contributed by atoms with Crippen LogP contribution in [0.1, 0.15) is 32.3 Å². The van der Waals surface area contributed by atoms with Crippen molar-refractivity contribution >= 4 is 0 Å². The van der Waals surface area contributed by atoms with Crippen LogP contribution >= 0.6 is 0 Å². The van der Waals surface area contributed by atoms with Crippen LogP contribution in [-0.4, -0.2) is 84.9 Å². The molecule has 3 rings (SSSR count). The van der Waals surface area contributed by atoms with Crippen LogP contribution in [0.5, 0.6) is 5.75 Å². The summed E-state index contributed by atoms with van der Waals surface area (Å²) in [4.78, 5) is 7.17. The second-order valence-corrected chi connectivity index (χ2v) is 8.80. The Labute approximate surface area is 175 Å². The van der Waals surface area contributed by atoms with Crippen molar-refractivity contribution in [3.8, 4) is 11.8 Å². The molecule has 1 aromatic carbocycles. The summed E-state index contributed by atoms with van der Waals surface area (Å²) >= 11 is 0. The fourth-order valence-corrected chi connectivity index (χ4v) is 4.14. The number of nitrogens with zero attached hydrogens (tertiary/aromatic N) is 4. The smallest absolute Gasteiger partial charge is 0.119 e. The molecule has 0 spiro atoms. The predicted octanol–water partition coefficient (Wildman–Crippen LogP) is 2.19. The monoisotopic (exact) mass is 400 g/mol. The minimum atomic E-state index is -0.474. The zero-order valence-corrected chi connectivity index (χ0v) is 18.0. The van der Waals surface area contributed by atoms with E-state index in [1.807, 2.05) is 12.1 Å². The van der Waals surface area contributed by atoms with Gasteiger partial charge in [-0.15, -0.1) is 0 Å². The van der Waals surface area contributed by atoms with Gasteiger partial charge < -0.3 is 14.7 Å². The Morgan fingerprint density at radius 2 is 1.79 bits per heavy atom. The first-order valence-corrected chi connectivity index (χ1v) is 11.0. The van der Waals surface area contributed by atoms with Crippen molar-refractivity contribution in [1.82, 2.24) is 14.7 Å². The lowest BCUT2D eigenvalue weighted by atomic mass is 9.82. The lowest BCUT2D eigenvalue weighted by Crippen LogP contribution is -2.49. The fourth-order valence-electron chi connectivity index (χ4n) is 4.14. The molecule has 2 saturated heterocycles. The SMILES string of the molecule is CCN1CCN(C[C@H](O)COc2cccc(CN3CCC(C)(C#N)CC3)c2)CC1. The molecule has 2 aliphatic rings.